The van der Waals surface area contributed by atoms with Gasteiger partial charge in [-0.05, 0) is 124 Å². The predicted octanol–water partition coefficient (Wildman–Crippen LogP) is 8.30. The lowest BCUT2D eigenvalue weighted by Crippen LogP contribution is -2.76. The van der Waals surface area contributed by atoms with Crippen LogP contribution >= 0.6 is 0 Å². The first-order valence-corrected chi connectivity index (χ1v) is 23.8. The van der Waals surface area contributed by atoms with E-state index in [0.29, 0.717) is 0 Å². The van der Waals surface area contributed by atoms with Gasteiger partial charge in [0.1, 0.15) is 0 Å². The van der Waals surface area contributed by atoms with Crippen molar-refractivity contribution in [3.8, 4) is 0 Å². The van der Waals surface area contributed by atoms with Crippen molar-refractivity contribution in [3.05, 3.63) is 180 Å². The quantitative estimate of drug-likeness (QED) is 0.129. The van der Waals surface area contributed by atoms with E-state index < -0.39 is 8.07 Å². The molecule has 5 aliphatic rings. The van der Waals surface area contributed by atoms with Crippen LogP contribution in [0.15, 0.2) is 164 Å². The molecule has 7 aromatic rings. The fourth-order valence-corrected chi connectivity index (χ4v) is 18.0. The molecular weight excluding hydrogens is 716 g/mol. The zero-order chi connectivity index (χ0) is 38.6. The lowest BCUT2D eigenvalue weighted by atomic mass is 9.33. The minimum atomic E-state index is -3.00. The Morgan fingerprint density at radius 3 is 1.74 bits per heavy atom. The molecule has 1 fully saturated rings. The van der Waals surface area contributed by atoms with Gasteiger partial charge in [0.2, 0.25) is 0 Å². The Hall–Kier alpha value is -5.58. The predicted molar refractivity (Wildman–Crippen MR) is 249 cm³/mol. The maximum Gasteiger partial charge on any atom is 0.252 e. The zero-order valence-corrected chi connectivity index (χ0v) is 34.7. The molecule has 0 aromatic heterocycles. The fourth-order valence-electron chi connectivity index (χ4n) is 12.8. The van der Waals surface area contributed by atoms with Crippen molar-refractivity contribution in [1.29, 1.82) is 0 Å². The first-order valence-electron chi connectivity index (χ1n) is 21.8. The van der Waals surface area contributed by atoms with Crippen LogP contribution in [-0.2, 0) is 18.3 Å². The van der Waals surface area contributed by atoms with E-state index in [4.69, 9.17) is 0 Å². The van der Waals surface area contributed by atoms with Gasteiger partial charge in [0.25, 0.3) is 6.71 Å². The van der Waals surface area contributed by atoms with Crippen molar-refractivity contribution in [1.82, 2.24) is 0 Å². The van der Waals surface area contributed by atoms with Gasteiger partial charge in [-0.2, -0.15) is 0 Å². The number of rotatable bonds is 5. The van der Waals surface area contributed by atoms with Gasteiger partial charge < -0.3 is 9.80 Å². The minimum Gasteiger partial charge on any atom is -0.335 e. The Labute approximate surface area is 345 Å². The largest absolute Gasteiger partial charge is 0.335 e. The summed E-state index contributed by atoms with van der Waals surface area (Å²) in [6.45, 7) is 5.45. The number of nitrogens with zero attached hydrogens (tertiary/aromatic N) is 2. The Kier molecular flexibility index (Phi) is 7.55. The smallest absolute Gasteiger partial charge is 0.252 e. The number of para-hydroxylation sites is 2. The zero-order valence-electron chi connectivity index (χ0n) is 33.7. The molecule has 3 aliphatic heterocycles. The van der Waals surface area contributed by atoms with E-state index in [1.165, 1.54) is 110 Å². The molecule has 0 N–H and O–H groups in total. The molecular formula is C54H49BN2Si. The number of hydrogen-bond acceptors (Lipinski definition) is 2. The van der Waals surface area contributed by atoms with E-state index in [-0.39, 0.29) is 17.7 Å². The molecule has 12 rings (SSSR count). The van der Waals surface area contributed by atoms with Gasteiger partial charge in [0, 0.05) is 33.9 Å². The molecule has 58 heavy (non-hydrogen) atoms. The molecule has 0 radical (unpaired) electrons. The Morgan fingerprint density at radius 1 is 0.517 bits per heavy atom. The summed E-state index contributed by atoms with van der Waals surface area (Å²) in [6, 6.07) is 63.9. The summed E-state index contributed by atoms with van der Waals surface area (Å²) in [6.07, 6.45) is 9.66. The number of anilines is 5. The van der Waals surface area contributed by atoms with E-state index >= 15 is 0 Å². The summed E-state index contributed by atoms with van der Waals surface area (Å²) >= 11 is 0. The molecule has 2 unspecified atom stereocenters. The first kappa shape index (κ1) is 34.5. The molecule has 0 amide bonds. The topological polar surface area (TPSA) is 6.48 Å². The number of fused-ring (bicyclic) bond motifs is 9. The second kappa shape index (κ2) is 12.7. The van der Waals surface area contributed by atoms with Crippen molar-refractivity contribution in [2.24, 2.45) is 0 Å². The third kappa shape index (κ3) is 4.39. The van der Waals surface area contributed by atoms with Crippen LogP contribution in [0.25, 0.3) is 0 Å². The van der Waals surface area contributed by atoms with Crippen molar-refractivity contribution in [2.75, 3.05) is 9.80 Å². The van der Waals surface area contributed by atoms with Gasteiger partial charge in [-0.25, -0.2) is 0 Å². The van der Waals surface area contributed by atoms with Gasteiger partial charge >= 0.3 is 0 Å². The average Bonchev–Trinajstić information content (AvgIpc) is 3.51. The van der Waals surface area contributed by atoms with Crippen LogP contribution in [0.1, 0.15) is 69.1 Å². The molecule has 0 saturated heterocycles. The number of aryl methyl sites for hydroxylation is 1. The Morgan fingerprint density at radius 2 is 1.07 bits per heavy atom. The normalized spacial score (nSPS) is 21.1. The second-order valence-electron chi connectivity index (χ2n) is 18.1. The molecule has 0 spiro atoms. The highest BCUT2D eigenvalue weighted by Crippen LogP contribution is 2.62. The van der Waals surface area contributed by atoms with Gasteiger partial charge in [-0.3, -0.25) is 0 Å². The first-order chi connectivity index (χ1) is 28.6. The lowest BCUT2D eigenvalue weighted by Gasteiger charge is -2.52. The average molecular weight is 765 g/mol. The molecule has 0 bridgehead atoms. The van der Waals surface area contributed by atoms with Crippen LogP contribution in [0.2, 0.25) is 0 Å². The van der Waals surface area contributed by atoms with Crippen LogP contribution < -0.4 is 46.9 Å². The summed E-state index contributed by atoms with van der Waals surface area (Å²) in [4.78, 5) is 5.66. The van der Waals surface area contributed by atoms with Crippen LogP contribution in [0.3, 0.4) is 0 Å². The monoisotopic (exact) mass is 764 g/mol. The van der Waals surface area contributed by atoms with E-state index in [1.807, 2.05) is 0 Å². The van der Waals surface area contributed by atoms with Crippen molar-refractivity contribution in [2.45, 2.75) is 76.2 Å². The standard InChI is InChI=1S/C54H49BN2Si/c1-53-35-18-19-36-54(53,2)57-47-33-17-15-31-44(47)55-43-30-14-16-32-46(43)56(45-34-20-22-38-21-12-13-29-42(38)45)48-37-49(50(53)52(57)51(48)55)58(39-23-6-3-7-24-39,40-25-8-4-9-26-40)41-27-10-5-11-28-41/h3-11,14-17,20,22-28,30-34,37H,12-13,18-19,21,29,35-36H2,1-2H3. The lowest BCUT2D eigenvalue weighted by molar-refractivity contribution is 0.196. The summed E-state index contributed by atoms with van der Waals surface area (Å²) in [5.41, 5.74) is 15.9. The summed E-state index contributed by atoms with van der Waals surface area (Å²) in [7, 11) is -3.00. The van der Waals surface area contributed by atoms with E-state index in [0.717, 1.165) is 12.8 Å². The van der Waals surface area contributed by atoms with E-state index in [9.17, 15) is 0 Å². The van der Waals surface area contributed by atoms with Gasteiger partial charge in [-0.1, -0.05) is 159 Å². The summed E-state index contributed by atoms with van der Waals surface area (Å²) in [5.74, 6) is 0. The van der Waals surface area contributed by atoms with E-state index in [1.54, 1.807) is 10.8 Å². The third-order valence-electron chi connectivity index (χ3n) is 15.5. The van der Waals surface area contributed by atoms with Crippen LogP contribution in [-0.4, -0.2) is 20.3 Å². The van der Waals surface area contributed by atoms with E-state index in [2.05, 4.69) is 187 Å². The van der Waals surface area contributed by atoms with Crippen molar-refractivity contribution in [3.63, 3.8) is 0 Å². The summed E-state index contributed by atoms with van der Waals surface area (Å²) < 4.78 is 0. The molecule has 2 aliphatic carbocycles. The number of benzene rings is 7. The highest BCUT2D eigenvalue weighted by molar-refractivity contribution is 7.20. The van der Waals surface area contributed by atoms with Crippen molar-refractivity contribution >= 4 is 80.4 Å². The van der Waals surface area contributed by atoms with Gasteiger partial charge in [0.15, 0.2) is 8.07 Å². The molecule has 2 nitrogen and oxygen atoms in total. The molecule has 7 aromatic carbocycles. The Balaban J connectivity index is 1.32. The fraction of sp³-hybridized carbons (Fsp3) is 0.222. The molecule has 282 valence electrons. The summed E-state index contributed by atoms with van der Waals surface area (Å²) in [5, 5.41) is 5.91. The SMILES string of the molecule is CC12CCCCC1(C)N1c3ccccc3B3c4ccccc4N(c4cccc5c4CCCC5)c4cc([Si](c5ccccc5)(c5ccccc5)c5ccccc5)c2c1c43. The molecule has 2 atom stereocenters. The van der Waals surface area contributed by atoms with Gasteiger partial charge in [0.05, 0.1) is 5.54 Å². The second-order valence-corrected chi connectivity index (χ2v) is 21.9. The Bertz CT molecular complexity index is 2650. The maximum atomic E-state index is 2.92. The van der Waals surface area contributed by atoms with Crippen molar-refractivity contribution < 1.29 is 0 Å². The van der Waals surface area contributed by atoms with Crippen LogP contribution in [0.5, 0.6) is 0 Å². The molecule has 4 heteroatoms. The third-order valence-corrected chi connectivity index (χ3v) is 20.3. The maximum absolute atomic E-state index is 3.00. The van der Waals surface area contributed by atoms with Crippen LogP contribution in [0, 0.1) is 0 Å². The molecule has 1 saturated carbocycles. The highest BCUT2D eigenvalue weighted by Gasteiger charge is 2.64. The van der Waals surface area contributed by atoms with Crippen LogP contribution in [0.4, 0.5) is 28.4 Å². The number of hydrogen-bond donors (Lipinski definition) is 0. The minimum absolute atomic E-state index is 0.0722. The molecule has 3 heterocycles. The highest BCUT2D eigenvalue weighted by atomic mass is 28.3. The van der Waals surface area contributed by atoms with Gasteiger partial charge in [-0.15, -0.1) is 0 Å².